The second kappa shape index (κ2) is 10.5. The molecule has 4 rings (SSSR count). The highest BCUT2D eigenvalue weighted by Gasteiger charge is 2.14. The first-order valence-electron chi connectivity index (χ1n) is 10.5. The lowest BCUT2D eigenvalue weighted by atomic mass is 10.1. The van der Waals surface area contributed by atoms with Gasteiger partial charge in [-0.25, -0.2) is 4.68 Å². The van der Waals surface area contributed by atoms with E-state index in [-0.39, 0.29) is 0 Å². The lowest BCUT2D eigenvalue weighted by molar-refractivity contribution is 0.265. The molecule has 0 spiro atoms. The topological polar surface area (TPSA) is 57.5 Å². The number of hydrogen-bond acceptors (Lipinski definition) is 5. The third kappa shape index (κ3) is 5.28. The number of ether oxygens (including phenoxy) is 3. The number of aromatic nitrogens is 2. The molecule has 0 aliphatic heterocycles. The molecule has 0 atom stereocenters. The summed E-state index contributed by atoms with van der Waals surface area (Å²) < 4.78 is 19.1. The maximum absolute atomic E-state index is 6.03. The van der Waals surface area contributed by atoms with Crippen molar-refractivity contribution in [2.45, 2.75) is 19.7 Å². The molecular weight excluding hydrogens is 402 g/mol. The van der Waals surface area contributed by atoms with Crippen LogP contribution in [0.4, 0.5) is 0 Å². The van der Waals surface area contributed by atoms with E-state index >= 15 is 0 Å². The van der Waals surface area contributed by atoms with E-state index in [1.807, 2.05) is 59.4 Å². The van der Waals surface area contributed by atoms with Gasteiger partial charge >= 0.3 is 0 Å². The van der Waals surface area contributed by atoms with Crippen LogP contribution in [0.15, 0.2) is 85.2 Å². The van der Waals surface area contributed by atoms with Crippen LogP contribution in [0.25, 0.3) is 5.69 Å². The lowest BCUT2D eigenvalue weighted by Gasteiger charge is -2.16. The monoisotopic (exact) mass is 429 g/mol. The van der Waals surface area contributed by atoms with Crippen molar-refractivity contribution < 1.29 is 14.2 Å². The zero-order valence-electron chi connectivity index (χ0n) is 18.3. The van der Waals surface area contributed by atoms with Gasteiger partial charge in [-0.05, 0) is 47.0 Å². The molecule has 4 aromatic rings. The van der Waals surface area contributed by atoms with Crippen molar-refractivity contribution in [3.8, 4) is 22.9 Å². The minimum Gasteiger partial charge on any atom is -0.493 e. The Morgan fingerprint density at radius 1 is 0.781 bits per heavy atom. The quantitative estimate of drug-likeness (QED) is 0.394. The molecule has 3 aromatic carbocycles. The van der Waals surface area contributed by atoms with Gasteiger partial charge in [-0.1, -0.05) is 42.5 Å². The summed E-state index contributed by atoms with van der Waals surface area (Å²) in [5, 5.41) is 7.73. The van der Waals surface area contributed by atoms with E-state index in [9.17, 15) is 0 Å². The summed E-state index contributed by atoms with van der Waals surface area (Å²) in [5.74, 6) is 1.91. The lowest BCUT2D eigenvalue weighted by Crippen LogP contribution is -2.13. The molecule has 0 bridgehead atoms. The molecule has 0 aliphatic rings. The SMILES string of the molecule is COc1cc(CNCc2ccc(-n3cccn3)cc2)cc(OC)c1OCc1ccccc1. The summed E-state index contributed by atoms with van der Waals surface area (Å²) in [4.78, 5) is 0. The molecule has 32 heavy (non-hydrogen) atoms. The summed E-state index contributed by atoms with van der Waals surface area (Å²) >= 11 is 0. The first-order chi connectivity index (χ1) is 15.8. The molecule has 0 radical (unpaired) electrons. The Hall–Kier alpha value is -3.77. The Morgan fingerprint density at radius 3 is 2.09 bits per heavy atom. The van der Waals surface area contributed by atoms with E-state index < -0.39 is 0 Å². The van der Waals surface area contributed by atoms with Crippen molar-refractivity contribution in [2.75, 3.05) is 14.2 Å². The fourth-order valence-corrected chi connectivity index (χ4v) is 3.45. The summed E-state index contributed by atoms with van der Waals surface area (Å²) in [5.41, 5.74) is 4.38. The fourth-order valence-electron chi connectivity index (χ4n) is 3.45. The average molecular weight is 430 g/mol. The van der Waals surface area contributed by atoms with Crippen LogP contribution < -0.4 is 19.5 Å². The summed E-state index contributed by atoms with van der Waals surface area (Å²) in [7, 11) is 3.28. The maximum Gasteiger partial charge on any atom is 0.203 e. The molecule has 6 nitrogen and oxygen atoms in total. The molecule has 0 saturated heterocycles. The first kappa shape index (κ1) is 21.5. The summed E-state index contributed by atoms with van der Waals surface area (Å²) in [6, 6.07) is 24.2. The van der Waals surface area contributed by atoms with Crippen LogP contribution >= 0.6 is 0 Å². The van der Waals surface area contributed by atoms with Crippen LogP contribution in [-0.4, -0.2) is 24.0 Å². The molecule has 0 amide bonds. The highest BCUT2D eigenvalue weighted by Crippen LogP contribution is 2.39. The third-order valence-corrected chi connectivity index (χ3v) is 5.11. The third-order valence-electron chi connectivity index (χ3n) is 5.11. The van der Waals surface area contributed by atoms with Crippen LogP contribution in [0, 0.1) is 0 Å². The Morgan fingerprint density at radius 2 is 1.47 bits per heavy atom. The standard InChI is InChI=1S/C26H27N3O3/c1-30-24-15-22(16-25(31-2)26(24)32-19-21-7-4-3-5-8-21)18-27-17-20-9-11-23(12-10-20)29-14-6-13-28-29/h3-16,27H,17-19H2,1-2H3. The van der Waals surface area contributed by atoms with Crippen LogP contribution in [0.5, 0.6) is 17.2 Å². The van der Waals surface area contributed by atoms with Gasteiger partial charge in [0.15, 0.2) is 11.5 Å². The molecule has 1 aromatic heterocycles. The molecule has 0 unspecified atom stereocenters. The second-order valence-electron chi connectivity index (χ2n) is 7.32. The first-order valence-corrected chi connectivity index (χ1v) is 10.5. The number of nitrogens with zero attached hydrogens (tertiary/aromatic N) is 2. The molecule has 164 valence electrons. The van der Waals surface area contributed by atoms with Crippen molar-refractivity contribution in [2.24, 2.45) is 0 Å². The van der Waals surface area contributed by atoms with Crippen LogP contribution in [-0.2, 0) is 19.7 Å². The Kier molecular flexibility index (Phi) is 7.05. The molecule has 0 saturated carbocycles. The zero-order chi connectivity index (χ0) is 22.2. The van der Waals surface area contributed by atoms with Gasteiger partial charge in [-0.15, -0.1) is 0 Å². The van der Waals surface area contributed by atoms with Crippen LogP contribution in [0.2, 0.25) is 0 Å². The summed E-state index contributed by atoms with van der Waals surface area (Å²) in [6.45, 7) is 1.86. The number of methoxy groups -OCH3 is 2. The molecular formula is C26H27N3O3. The highest BCUT2D eigenvalue weighted by molar-refractivity contribution is 5.54. The average Bonchev–Trinajstić information content (AvgIpc) is 3.39. The fraction of sp³-hybridized carbons (Fsp3) is 0.192. The molecule has 0 fully saturated rings. The van der Waals surface area contributed by atoms with Gasteiger partial charge in [0.1, 0.15) is 6.61 Å². The van der Waals surface area contributed by atoms with Gasteiger partial charge in [0.25, 0.3) is 0 Å². The highest BCUT2D eigenvalue weighted by atomic mass is 16.5. The largest absolute Gasteiger partial charge is 0.493 e. The number of rotatable bonds is 10. The van der Waals surface area contributed by atoms with E-state index in [4.69, 9.17) is 14.2 Å². The zero-order valence-corrected chi connectivity index (χ0v) is 18.3. The van der Waals surface area contributed by atoms with Crippen molar-refractivity contribution in [3.63, 3.8) is 0 Å². The smallest absolute Gasteiger partial charge is 0.203 e. The van der Waals surface area contributed by atoms with Gasteiger partial charge in [-0.3, -0.25) is 0 Å². The van der Waals surface area contributed by atoms with Gasteiger partial charge in [0.2, 0.25) is 5.75 Å². The van der Waals surface area contributed by atoms with Crippen molar-refractivity contribution in [1.29, 1.82) is 0 Å². The Balaban J connectivity index is 1.39. The molecule has 1 heterocycles. The van der Waals surface area contributed by atoms with Gasteiger partial charge in [-0.2, -0.15) is 5.10 Å². The van der Waals surface area contributed by atoms with Crippen LogP contribution in [0.1, 0.15) is 16.7 Å². The maximum atomic E-state index is 6.03. The van der Waals surface area contributed by atoms with Crippen molar-refractivity contribution >= 4 is 0 Å². The molecule has 0 aliphatic carbocycles. The second-order valence-corrected chi connectivity index (χ2v) is 7.32. The predicted octanol–water partition coefficient (Wildman–Crippen LogP) is 4.76. The van der Waals surface area contributed by atoms with E-state index in [1.54, 1.807) is 20.4 Å². The molecule has 1 N–H and O–H groups in total. The van der Waals surface area contributed by atoms with E-state index in [2.05, 4.69) is 34.7 Å². The minimum atomic E-state index is 0.444. The molecule has 6 heteroatoms. The van der Waals surface area contributed by atoms with Crippen LogP contribution in [0.3, 0.4) is 0 Å². The number of nitrogens with one attached hydrogen (secondary N) is 1. The Labute approximate surface area is 188 Å². The Bertz CT molecular complexity index is 1090. The van der Waals surface area contributed by atoms with Crippen molar-refractivity contribution in [3.05, 3.63) is 102 Å². The normalized spacial score (nSPS) is 10.7. The van der Waals surface area contributed by atoms with Gasteiger partial charge < -0.3 is 19.5 Å². The predicted molar refractivity (Wildman–Crippen MR) is 124 cm³/mol. The van der Waals surface area contributed by atoms with Gasteiger partial charge in [0, 0.05) is 25.5 Å². The van der Waals surface area contributed by atoms with E-state index in [1.165, 1.54) is 5.56 Å². The van der Waals surface area contributed by atoms with E-state index in [0.29, 0.717) is 30.4 Å². The number of benzene rings is 3. The van der Waals surface area contributed by atoms with E-state index in [0.717, 1.165) is 23.4 Å². The van der Waals surface area contributed by atoms with Gasteiger partial charge in [0.05, 0.1) is 19.9 Å². The van der Waals surface area contributed by atoms with Crippen molar-refractivity contribution in [1.82, 2.24) is 15.1 Å². The summed E-state index contributed by atoms with van der Waals surface area (Å²) in [6.07, 6.45) is 3.71. The number of hydrogen-bond donors (Lipinski definition) is 1. The minimum absolute atomic E-state index is 0.444.